The molecule has 1 unspecified atom stereocenters. The highest BCUT2D eigenvalue weighted by atomic mass is 16.3. The summed E-state index contributed by atoms with van der Waals surface area (Å²) in [5.74, 6) is 0. The van der Waals surface area contributed by atoms with Crippen LogP contribution in [0, 0.1) is 5.41 Å². The Bertz CT molecular complexity index is 171. The van der Waals surface area contributed by atoms with E-state index >= 15 is 0 Å². The molecule has 0 rings (SSSR count). The van der Waals surface area contributed by atoms with Gasteiger partial charge in [-0.1, -0.05) is 27.7 Å². The van der Waals surface area contributed by atoms with Gasteiger partial charge in [-0.2, -0.15) is 0 Å². The molecule has 0 aromatic carbocycles. The standard InChI is InChI=1S/C13H30N2O/c1-6-8-14-12(3)13(4,5)11-15(7-2)9-10-16/h12,14,16H,6-11H2,1-5H3. The molecule has 1 atom stereocenters. The molecule has 16 heavy (non-hydrogen) atoms. The predicted molar refractivity (Wildman–Crippen MR) is 70.7 cm³/mol. The molecule has 0 bridgehead atoms. The molecular formula is C13H30N2O. The van der Waals surface area contributed by atoms with Gasteiger partial charge in [0, 0.05) is 19.1 Å². The van der Waals surface area contributed by atoms with E-state index in [0.29, 0.717) is 6.04 Å². The Morgan fingerprint density at radius 1 is 1.31 bits per heavy atom. The smallest absolute Gasteiger partial charge is 0.0558 e. The molecule has 0 aromatic heterocycles. The van der Waals surface area contributed by atoms with Crippen molar-refractivity contribution in [2.75, 3.05) is 32.8 Å². The zero-order chi connectivity index (χ0) is 12.6. The number of aliphatic hydroxyl groups excluding tert-OH is 1. The van der Waals surface area contributed by atoms with E-state index < -0.39 is 0 Å². The summed E-state index contributed by atoms with van der Waals surface area (Å²) in [5.41, 5.74) is 0.236. The highest BCUT2D eigenvalue weighted by Crippen LogP contribution is 2.22. The van der Waals surface area contributed by atoms with Crippen molar-refractivity contribution in [2.45, 2.75) is 47.1 Å². The third kappa shape index (κ3) is 5.83. The monoisotopic (exact) mass is 230 g/mol. The quantitative estimate of drug-likeness (QED) is 0.633. The largest absolute Gasteiger partial charge is 0.395 e. The van der Waals surface area contributed by atoms with Crippen molar-refractivity contribution in [1.82, 2.24) is 10.2 Å². The van der Waals surface area contributed by atoms with Gasteiger partial charge in [-0.3, -0.25) is 0 Å². The average Bonchev–Trinajstić information content (AvgIpc) is 2.24. The van der Waals surface area contributed by atoms with E-state index in [9.17, 15) is 0 Å². The first-order chi connectivity index (χ1) is 7.47. The fourth-order valence-electron chi connectivity index (χ4n) is 1.84. The molecule has 3 heteroatoms. The maximum Gasteiger partial charge on any atom is 0.0558 e. The molecule has 0 aromatic rings. The van der Waals surface area contributed by atoms with E-state index in [1.165, 1.54) is 6.42 Å². The predicted octanol–water partition coefficient (Wildman–Crippen LogP) is 1.71. The molecule has 0 aliphatic carbocycles. The number of hydrogen-bond donors (Lipinski definition) is 2. The zero-order valence-electron chi connectivity index (χ0n) is 11.7. The van der Waals surface area contributed by atoms with Gasteiger partial charge in [-0.05, 0) is 31.8 Å². The van der Waals surface area contributed by atoms with Crippen molar-refractivity contribution < 1.29 is 5.11 Å². The number of nitrogens with zero attached hydrogens (tertiary/aromatic N) is 1. The normalized spacial score (nSPS) is 14.4. The van der Waals surface area contributed by atoms with Gasteiger partial charge >= 0.3 is 0 Å². The van der Waals surface area contributed by atoms with Crippen molar-refractivity contribution in [2.24, 2.45) is 5.41 Å². The molecule has 0 heterocycles. The first kappa shape index (κ1) is 15.9. The lowest BCUT2D eigenvalue weighted by atomic mass is 9.84. The molecular weight excluding hydrogens is 200 g/mol. The molecule has 0 amide bonds. The number of nitrogens with one attached hydrogen (secondary N) is 1. The third-order valence-corrected chi connectivity index (χ3v) is 3.37. The second-order valence-corrected chi connectivity index (χ2v) is 5.26. The molecule has 3 nitrogen and oxygen atoms in total. The van der Waals surface area contributed by atoms with Crippen LogP contribution in [0.3, 0.4) is 0 Å². The van der Waals surface area contributed by atoms with Crippen molar-refractivity contribution in [1.29, 1.82) is 0 Å². The van der Waals surface area contributed by atoms with E-state index in [0.717, 1.165) is 26.2 Å². The van der Waals surface area contributed by atoms with Crippen LogP contribution >= 0.6 is 0 Å². The van der Waals surface area contributed by atoms with Gasteiger partial charge in [0.2, 0.25) is 0 Å². The highest BCUT2D eigenvalue weighted by Gasteiger charge is 2.27. The first-order valence-electron chi connectivity index (χ1n) is 6.54. The third-order valence-electron chi connectivity index (χ3n) is 3.37. The maximum atomic E-state index is 8.99. The molecule has 2 N–H and O–H groups in total. The molecule has 0 aliphatic rings. The van der Waals surface area contributed by atoms with Crippen LogP contribution in [0.5, 0.6) is 0 Å². The zero-order valence-corrected chi connectivity index (χ0v) is 11.7. The summed E-state index contributed by atoms with van der Waals surface area (Å²) in [7, 11) is 0. The van der Waals surface area contributed by atoms with Crippen LogP contribution in [-0.2, 0) is 0 Å². The van der Waals surface area contributed by atoms with Crippen molar-refractivity contribution in [3.8, 4) is 0 Å². The number of aliphatic hydroxyl groups is 1. The van der Waals surface area contributed by atoms with Crippen LogP contribution in [0.1, 0.15) is 41.0 Å². The van der Waals surface area contributed by atoms with Gasteiger partial charge in [-0.15, -0.1) is 0 Å². The van der Waals surface area contributed by atoms with E-state index in [1.807, 2.05) is 0 Å². The summed E-state index contributed by atoms with van der Waals surface area (Å²) in [6.07, 6.45) is 1.18. The number of rotatable bonds is 9. The van der Waals surface area contributed by atoms with Gasteiger partial charge < -0.3 is 15.3 Å². The van der Waals surface area contributed by atoms with Gasteiger partial charge in [0.1, 0.15) is 0 Å². The summed E-state index contributed by atoms with van der Waals surface area (Å²) in [5, 5.41) is 12.5. The van der Waals surface area contributed by atoms with Crippen LogP contribution in [0.15, 0.2) is 0 Å². The molecule has 0 saturated heterocycles. The van der Waals surface area contributed by atoms with Crippen LogP contribution in [0.25, 0.3) is 0 Å². The summed E-state index contributed by atoms with van der Waals surface area (Å²) in [6, 6.07) is 0.500. The number of likely N-dealkylation sites (N-methyl/N-ethyl adjacent to an activating group) is 1. The molecule has 0 saturated carbocycles. The highest BCUT2D eigenvalue weighted by molar-refractivity contribution is 4.83. The Labute approximate surface area is 101 Å². The average molecular weight is 230 g/mol. The SMILES string of the molecule is CCCNC(C)C(C)(C)CN(CC)CCO. The van der Waals surface area contributed by atoms with Crippen molar-refractivity contribution in [3.63, 3.8) is 0 Å². The Morgan fingerprint density at radius 2 is 1.94 bits per heavy atom. The lowest BCUT2D eigenvalue weighted by molar-refractivity contribution is 0.125. The minimum Gasteiger partial charge on any atom is -0.395 e. The second kappa shape index (κ2) is 8.04. The Morgan fingerprint density at radius 3 is 2.38 bits per heavy atom. The minimum absolute atomic E-state index is 0.236. The topological polar surface area (TPSA) is 35.5 Å². The molecule has 0 aliphatic heterocycles. The van der Waals surface area contributed by atoms with E-state index in [4.69, 9.17) is 5.11 Å². The minimum atomic E-state index is 0.236. The fourth-order valence-corrected chi connectivity index (χ4v) is 1.84. The first-order valence-corrected chi connectivity index (χ1v) is 6.54. The van der Waals surface area contributed by atoms with Crippen LogP contribution < -0.4 is 5.32 Å². The molecule has 98 valence electrons. The van der Waals surface area contributed by atoms with Gasteiger partial charge in [0.05, 0.1) is 6.61 Å². The van der Waals surface area contributed by atoms with Crippen LogP contribution in [0.2, 0.25) is 0 Å². The molecule has 0 radical (unpaired) electrons. The van der Waals surface area contributed by atoms with E-state index in [2.05, 4.69) is 44.8 Å². The van der Waals surface area contributed by atoms with E-state index in [-0.39, 0.29) is 12.0 Å². The Kier molecular flexibility index (Phi) is 7.98. The van der Waals surface area contributed by atoms with Crippen molar-refractivity contribution >= 4 is 0 Å². The lowest BCUT2D eigenvalue weighted by Crippen LogP contribution is -2.47. The summed E-state index contributed by atoms with van der Waals surface area (Å²) >= 11 is 0. The van der Waals surface area contributed by atoms with Crippen LogP contribution in [0.4, 0.5) is 0 Å². The molecule has 0 spiro atoms. The fraction of sp³-hybridized carbons (Fsp3) is 1.00. The summed E-state index contributed by atoms with van der Waals surface area (Å²) in [4.78, 5) is 2.31. The second-order valence-electron chi connectivity index (χ2n) is 5.26. The molecule has 0 fully saturated rings. The Hall–Kier alpha value is -0.120. The summed E-state index contributed by atoms with van der Waals surface area (Å²) in [6.45, 7) is 15.3. The Balaban J connectivity index is 4.17. The van der Waals surface area contributed by atoms with Crippen LogP contribution in [-0.4, -0.2) is 48.8 Å². The van der Waals surface area contributed by atoms with Gasteiger partial charge in [0.25, 0.3) is 0 Å². The van der Waals surface area contributed by atoms with E-state index in [1.54, 1.807) is 0 Å². The lowest BCUT2D eigenvalue weighted by Gasteiger charge is -2.37. The van der Waals surface area contributed by atoms with Gasteiger partial charge in [-0.25, -0.2) is 0 Å². The van der Waals surface area contributed by atoms with Crippen molar-refractivity contribution in [3.05, 3.63) is 0 Å². The van der Waals surface area contributed by atoms with Gasteiger partial charge in [0.15, 0.2) is 0 Å². The summed E-state index contributed by atoms with van der Waals surface area (Å²) < 4.78 is 0. The maximum absolute atomic E-state index is 8.99. The number of hydrogen-bond acceptors (Lipinski definition) is 3.